The van der Waals surface area contributed by atoms with Crippen LogP contribution < -0.4 is 16.0 Å². The summed E-state index contributed by atoms with van der Waals surface area (Å²) in [5.41, 5.74) is 2.70. The van der Waals surface area contributed by atoms with E-state index >= 15 is 0 Å². The molecule has 1 fully saturated rings. The van der Waals surface area contributed by atoms with Crippen LogP contribution in [0.2, 0.25) is 0 Å². The van der Waals surface area contributed by atoms with Crippen molar-refractivity contribution in [2.75, 3.05) is 5.32 Å². The van der Waals surface area contributed by atoms with Gasteiger partial charge in [0.2, 0.25) is 0 Å². The van der Waals surface area contributed by atoms with E-state index in [1.807, 2.05) is 54.6 Å². The first kappa shape index (κ1) is 21.5. The van der Waals surface area contributed by atoms with Crippen molar-refractivity contribution in [1.82, 2.24) is 10.6 Å². The van der Waals surface area contributed by atoms with Crippen molar-refractivity contribution in [2.45, 2.75) is 58.0 Å². The van der Waals surface area contributed by atoms with Crippen LogP contribution in [0.15, 0.2) is 54.6 Å². The second-order valence-electron chi connectivity index (χ2n) is 7.95. The Morgan fingerprint density at radius 2 is 1.72 bits per heavy atom. The Balaban J connectivity index is 1.51. The lowest BCUT2D eigenvalue weighted by molar-refractivity contribution is 0.256. The molecule has 0 aromatic heterocycles. The molecule has 3 rings (SSSR count). The van der Waals surface area contributed by atoms with Gasteiger partial charge in [0.1, 0.15) is 4.99 Å². The number of anilines is 1. The van der Waals surface area contributed by atoms with Crippen LogP contribution in [0.5, 0.6) is 0 Å². The average molecular weight is 410 g/mol. The van der Waals surface area contributed by atoms with Crippen molar-refractivity contribution in [3.8, 4) is 0 Å². The first-order valence-corrected chi connectivity index (χ1v) is 11.0. The van der Waals surface area contributed by atoms with Gasteiger partial charge in [0.15, 0.2) is 0 Å². The van der Waals surface area contributed by atoms with Crippen molar-refractivity contribution in [3.63, 3.8) is 0 Å². The molecule has 0 spiro atoms. The molecule has 1 saturated carbocycles. The average Bonchev–Trinajstić information content (AvgIpc) is 2.74. The van der Waals surface area contributed by atoms with Gasteiger partial charge in [-0.2, -0.15) is 0 Å². The summed E-state index contributed by atoms with van der Waals surface area (Å²) in [5.74, 6) is 0.851. The van der Waals surface area contributed by atoms with E-state index in [4.69, 9.17) is 12.2 Å². The largest absolute Gasteiger partial charge is 0.324 e. The van der Waals surface area contributed by atoms with Gasteiger partial charge >= 0.3 is 6.03 Å². The third-order valence-corrected chi connectivity index (χ3v) is 5.92. The third kappa shape index (κ3) is 6.94. The maximum absolute atomic E-state index is 12.4. The highest BCUT2D eigenvalue weighted by Crippen LogP contribution is 2.27. The molecular weight excluding hydrogens is 378 g/mol. The molecule has 4 nitrogen and oxygen atoms in total. The number of urea groups is 1. The SMILES string of the molecule is CC(CC1CCCCC1)NCc1ccccc1NC(=O)NC(=S)c1ccccc1. The summed E-state index contributed by atoms with van der Waals surface area (Å²) in [6, 6.07) is 17.5. The smallest absolute Gasteiger partial charge is 0.310 e. The maximum atomic E-state index is 12.4. The fraction of sp³-hybridized carbons (Fsp3) is 0.417. The zero-order valence-corrected chi connectivity index (χ0v) is 17.9. The molecule has 2 aromatic carbocycles. The molecular formula is C24H31N3OS. The molecule has 1 aliphatic carbocycles. The van der Waals surface area contributed by atoms with Crippen LogP contribution in [0.4, 0.5) is 10.5 Å². The maximum Gasteiger partial charge on any atom is 0.324 e. The minimum Gasteiger partial charge on any atom is -0.310 e. The second kappa shape index (κ2) is 11.1. The van der Waals surface area contributed by atoms with Gasteiger partial charge in [-0.15, -0.1) is 0 Å². The Morgan fingerprint density at radius 1 is 1.03 bits per heavy atom. The molecule has 2 amide bonds. The van der Waals surface area contributed by atoms with E-state index < -0.39 is 0 Å². The van der Waals surface area contributed by atoms with Gasteiger partial charge in [-0.05, 0) is 30.9 Å². The molecule has 29 heavy (non-hydrogen) atoms. The summed E-state index contributed by atoms with van der Waals surface area (Å²) in [5, 5.41) is 9.32. The normalized spacial score (nSPS) is 15.5. The van der Waals surface area contributed by atoms with E-state index in [0.717, 1.165) is 29.3 Å². The Labute approximate surface area is 179 Å². The molecule has 1 atom stereocenters. The quantitative estimate of drug-likeness (QED) is 0.519. The van der Waals surface area contributed by atoms with Gasteiger partial charge in [-0.1, -0.05) is 92.9 Å². The lowest BCUT2D eigenvalue weighted by Crippen LogP contribution is -2.34. The van der Waals surface area contributed by atoms with Gasteiger partial charge < -0.3 is 10.6 Å². The molecule has 1 aliphatic rings. The van der Waals surface area contributed by atoms with Crippen LogP contribution in [-0.4, -0.2) is 17.1 Å². The van der Waals surface area contributed by atoms with Crippen LogP contribution >= 0.6 is 12.2 Å². The molecule has 0 saturated heterocycles. The highest BCUT2D eigenvalue weighted by molar-refractivity contribution is 7.80. The van der Waals surface area contributed by atoms with Crippen LogP contribution in [-0.2, 0) is 6.54 Å². The summed E-state index contributed by atoms with van der Waals surface area (Å²) in [6.07, 6.45) is 8.11. The Bertz CT molecular complexity index is 803. The third-order valence-electron chi connectivity index (χ3n) is 5.58. The van der Waals surface area contributed by atoms with Gasteiger partial charge in [0.25, 0.3) is 0 Å². The van der Waals surface area contributed by atoms with E-state index in [1.54, 1.807) is 0 Å². The standard InChI is InChI=1S/C24H31N3OS/c1-18(16-19-10-4-2-5-11-19)25-17-21-14-8-9-15-22(21)26-24(28)27-23(29)20-12-6-3-7-13-20/h3,6-9,12-15,18-19,25H,2,4-5,10-11,16-17H2,1H3,(H2,26,27,28,29). The molecule has 1 unspecified atom stereocenters. The summed E-state index contributed by atoms with van der Waals surface area (Å²) < 4.78 is 0. The van der Waals surface area contributed by atoms with Crippen molar-refractivity contribution < 1.29 is 4.79 Å². The van der Waals surface area contributed by atoms with E-state index in [1.165, 1.54) is 38.5 Å². The zero-order chi connectivity index (χ0) is 20.5. The van der Waals surface area contributed by atoms with Crippen LogP contribution in [0.25, 0.3) is 0 Å². The summed E-state index contributed by atoms with van der Waals surface area (Å²) in [7, 11) is 0. The predicted octanol–water partition coefficient (Wildman–Crippen LogP) is 5.63. The fourth-order valence-electron chi connectivity index (χ4n) is 4.01. The number of benzene rings is 2. The van der Waals surface area contributed by atoms with Crippen molar-refractivity contribution in [3.05, 3.63) is 65.7 Å². The molecule has 0 aliphatic heterocycles. The highest BCUT2D eigenvalue weighted by Gasteiger charge is 2.16. The molecule has 0 heterocycles. The number of carbonyl (C=O) groups is 1. The molecule has 3 N–H and O–H groups in total. The van der Waals surface area contributed by atoms with Crippen LogP contribution in [0, 0.1) is 5.92 Å². The van der Waals surface area contributed by atoms with E-state index in [-0.39, 0.29) is 6.03 Å². The van der Waals surface area contributed by atoms with Crippen LogP contribution in [0.3, 0.4) is 0 Å². The monoisotopic (exact) mass is 409 g/mol. The number of thiocarbonyl (C=S) groups is 1. The molecule has 0 radical (unpaired) electrons. The lowest BCUT2D eigenvalue weighted by atomic mass is 9.85. The molecule has 2 aromatic rings. The summed E-state index contributed by atoms with van der Waals surface area (Å²) in [6.45, 7) is 2.99. The van der Waals surface area contributed by atoms with Crippen molar-refractivity contribution >= 4 is 28.9 Å². The van der Waals surface area contributed by atoms with Gasteiger partial charge in [-0.3, -0.25) is 5.32 Å². The minimum absolute atomic E-state index is 0.318. The lowest BCUT2D eigenvalue weighted by Gasteiger charge is -2.25. The molecule has 154 valence electrons. The van der Waals surface area contributed by atoms with Crippen molar-refractivity contribution in [1.29, 1.82) is 0 Å². The Hall–Kier alpha value is -2.24. The highest BCUT2D eigenvalue weighted by atomic mass is 32.1. The Kier molecular flexibility index (Phi) is 8.20. The number of para-hydroxylation sites is 1. The minimum atomic E-state index is -0.318. The van der Waals surface area contributed by atoms with E-state index in [2.05, 4.69) is 22.9 Å². The van der Waals surface area contributed by atoms with E-state index in [9.17, 15) is 4.79 Å². The number of carbonyl (C=O) groups excluding carboxylic acids is 1. The zero-order valence-electron chi connectivity index (χ0n) is 17.1. The number of nitrogens with one attached hydrogen (secondary N) is 3. The second-order valence-corrected chi connectivity index (χ2v) is 8.36. The first-order valence-electron chi connectivity index (χ1n) is 10.6. The first-order chi connectivity index (χ1) is 14.1. The van der Waals surface area contributed by atoms with Gasteiger partial charge in [0.05, 0.1) is 0 Å². The number of hydrogen-bond acceptors (Lipinski definition) is 3. The van der Waals surface area contributed by atoms with Gasteiger partial charge in [-0.25, -0.2) is 4.79 Å². The van der Waals surface area contributed by atoms with Crippen molar-refractivity contribution in [2.24, 2.45) is 5.92 Å². The topological polar surface area (TPSA) is 53.2 Å². The number of amides is 2. The Morgan fingerprint density at radius 3 is 2.48 bits per heavy atom. The summed E-state index contributed by atoms with van der Waals surface area (Å²) in [4.78, 5) is 12.8. The number of hydrogen-bond donors (Lipinski definition) is 3. The van der Waals surface area contributed by atoms with Gasteiger partial charge in [0, 0.05) is 23.8 Å². The summed E-state index contributed by atoms with van der Waals surface area (Å²) >= 11 is 5.32. The number of rotatable bonds is 7. The molecule has 5 heteroatoms. The molecule has 0 bridgehead atoms. The van der Waals surface area contributed by atoms with E-state index in [0.29, 0.717) is 11.0 Å². The van der Waals surface area contributed by atoms with Crippen LogP contribution in [0.1, 0.15) is 56.6 Å². The fourth-order valence-corrected chi connectivity index (χ4v) is 4.23. The predicted molar refractivity (Wildman–Crippen MR) is 124 cm³/mol.